The number of nitrogens with zero attached hydrogens (tertiary/aromatic N) is 2. The second-order valence-corrected chi connectivity index (χ2v) is 4.62. The molecule has 0 spiro atoms. The van der Waals surface area contributed by atoms with Gasteiger partial charge in [0.05, 0.1) is 5.69 Å². The summed E-state index contributed by atoms with van der Waals surface area (Å²) in [4.78, 5) is 8.11. The van der Waals surface area contributed by atoms with Crippen LogP contribution in [0.5, 0.6) is 0 Å². The van der Waals surface area contributed by atoms with Gasteiger partial charge in [-0.3, -0.25) is 0 Å². The van der Waals surface area contributed by atoms with Crippen LogP contribution in [-0.2, 0) is 0 Å². The fraction of sp³-hybridized carbons (Fsp3) is 0. The molecule has 1 heterocycles. The molecule has 0 atom stereocenters. The molecule has 20 heavy (non-hydrogen) atoms. The minimum atomic E-state index is 0.254. The van der Waals surface area contributed by atoms with Gasteiger partial charge in [-0.05, 0) is 41.9 Å². The monoisotopic (exact) mass is 281 g/mol. The summed E-state index contributed by atoms with van der Waals surface area (Å²) in [5, 5.41) is 3.61. The molecule has 0 amide bonds. The summed E-state index contributed by atoms with van der Waals surface area (Å²) in [6.07, 6.45) is 1.65. The highest BCUT2D eigenvalue weighted by Crippen LogP contribution is 2.23. The topological polar surface area (TPSA) is 37.8 Å². The SMILES string of the molecule is Clc1nccc(-c2cccc(Nc3ccccc3)c2)n1. The lowest BCUT2D eigenvalue weighted by Crippen LogP contribution is -1.91. The van der Waals surface area contributed by atoms with Gasteiger partial charge in [0.1, 0.15) is 0 Å². The summed E-state index contributed by atoms with van der Waals surface area (Å²) in [5.41, 5.74) is 3.85. The molecular formula is C16H12ClN3. The Morgan fingerprint density at radius 1 is 0.850 bits per heavy atom. The number of anilines is 2. The van der Waals surface area contributed by atoms with Crippen molar-refractivity contribution in [3.8, 4) is 11.3 Å². The Kier molecular flexibility index (Phi) is 3.61. The Morgan fingerprint density at radius 3 is 2.45 bits per heavy atom. The first-order valence-corrected chi connectivity index (χ1v) is 6.60. The molecule has 0 bridgehead atoms. The van der Waals surface area contributed by atoms with Crippen LogP contribution in [0.15, 0.2) is 66.9 Å². The van der Waals surface area contributed by atoms with Crippen molar-refractivity contribution in [1.82, 2.24) is 9.97 Å². The standard InChI is InChI=1S/C16H12ClN3/c17-16-18-10-9-15(20-16)12-5-4-8-14(11-12)19-13-6-2-1-3-7-13/h1-11,19H. The van der Waals surface area contributed by atoms with Crippen LogP contribution in [0.3, 0.4) is 0 Å². The maximum Gasteiger partial charge on any atom is 0.222 e. The van der Waals surface area contributed by atoms with Crippen molar-refractivity contribution in [1.29, 1.82) is 0 Å². The molecule has 0 radical (unpaired) electrons. The second kappa shape index (κ2) is 5.72. The summed E-state index contributed by atoms with van der Waals surface area (Å²) < 4.78 is 0. The highest BCUT2D eigenvalue weighted by molar-refractivity contribution is 6.28. The zero-order chi connectivity index (χ0) is 13.8. The molecule has 98 valence electrons. The molecule has 3 rings (SSSR count). The smallest absolute Gasteiger partial charge is 0.222 e. The highest BCUT2D eigenvalue weighted by Gasteiger charge is 2.02. The van der Waals surface area contributed by atoms with Crippen LogP contribution in [0, 0.1) is 0 Å². The van der Waals surface area contributed by atoms with E-state index >= 15 is 0 Å². The molecule has 0 saturated carbocycles. The van der Waals surface area contributed by atoms with E-state index in [9.17, 15) is 0 Å². The average Bonchev–Trinajstić information content (AvgIpc) is 2.49. The second-order valence-electron chi connectivity index (χ2n) is 4.28. The average molecular weight is 282 g/mol. The predicted molar refractivity (Wildman–Crippen MR) is 82.2 cm³/mol. The molecule has 0 unspecified atom stereocenters. The van der Waals surface area contributed by atoms with E-state index in [2.05, 4.69) is 15.3 Å². The van der Waals surface area contributed by atoms with E-state index < -0.39 is 0 Å². The van der Waals surface area contributed by atoms with E-state index in [1.807, 2.05) is 60.7 Å². The fourth-order valence-corrected chi connectivity index (χ4v) is 2.09. The number of para-hydroxylation sites is 1. The van der Waals surface area contributed by atoms with Crippen LogP contribution in [-0.4, -0.2) is 9.97 Å². The third-order valence-corrected chi connectivity index (χ3v) is 3.03. The van der Waals surface area contributed by atoms with Gasteiger partial charge in [0.15, 0.2) is 0 Å². The Hall–Kier alpha value is -2.39. The molecule has 4 heteroatoms. The van der Waals surface area contributed by atoms with Crippen molar-refractivity contribution in [2.75, 3.05) is 5.32 Å². The number of halogens is 1. The van der Waals surface area contributed by atoms with Gasteiger partial charge in [0, 0.05) is 23.1 Å². The minimum absolute atomic E-state index is 0.254. The van der Waals surface area contributed by atoms with E-state index in [4.69, 9.17) is 11.6 Å². The summed E-state index contributed by atoms with van der Waals surface area (Å²) in [6, 6.07) is 19.9. The van der Waals surface area contributed by atoms with Crippen molar-refractivity contribution in [3.63, 3.8) is 0 Å². The Labute approximate surface area is 122 Å². The lowest BCUT2D eigenvalue weighted by molar-refractivity contribution is 1.17. The van der Waals surface area contributed by atoms with Crippen LogP contribution >= 0.6 is 11.6 Å². The van der Waals surface area contributed by atoms with Crippen LogP contribution in [0.2, 0.25) is 5.28 Å². The van der Waals surface area contributed by atoms with E-state index in [1.54, 1.807) is 6.20 Å². The van der Waals surface area contributed by atoms with Gasteiger partial charge >= 0.3 is 0 Å². The van der Waals surface area contributed by atoms with Crippen LogP contribution < -0.4 is 5.32 Å². The van der Waals surface area contributed by atoms with Crippen molar-refractivity contribution in [2.24, 2.45) is 0 Å². The van der Waals surface area contributed by atoms with Gasteiger partial charge in [-0.25, -0.2) is 9.97 Å². The molecule has 0 fully saturated rings. The first-order chi connectivity index (χ1) is 9.81. The molecule has 1 N–H and O–H groups in total. The van der Waals surface area contributed by atoms with E-state index in [-0.39, 0.29) is 5.28 Å². The van der Waals surface area contributed by atoms with E-state index in [0.29, 0.717) is 0 Å². The van der Waals surface area contributed by atoms with Crippen LogP contribution in [0.1, 0.15) is 0 Å². The van der Waals surface area contributed by atoms with Gasteiger partial charge in [-0.15, -0.1) is 0 Å². The Balaban J connectivity index is 1.90. The number of aromatic nitrogens is 2. The van der Waals surface area contributed by atoms with E-state index in [0.717, 1.165) is 22.6 Å². The number of hydrogen-bond acceptors (Lipinski definition) is 3. The Bertz CT molecular complexity index is 714. The molecule has 3 aromatic rings. The lowest BCUT2D eigenvalue weighted by Gasteiger charge is -2.08. The third-order valence-electron chi connectivity index (χ3n) is 2.85. The van der Waals surface area contributed by atoms with Crippen molar-refractivity contribution < 1.29 is 0 Å². The Morgan fingerprint density at radius 2 is 1.65 bits per heavy atom. The van der Waals surface area contributed by atoms with Crippen molar-refractivity contribution in [2.45, 2.75) is 0 Å². The summed E-state index contributed by atoms with van der Waals surface area (Å²) in [7, 11) is 0. The van der Waals surface area contributed by atoms with Crippen molar-refractivity contribution >= 4 is 23.0 Å². The lowest BCUT2D eigenvalue weighted by atomic mass is 10.1. The molecular weight excluding hydrogens is 270 g/mol. The third kappa shape index (κ3) is 2.95. The zero-order valence-corrected chi connectivity index (χ0v) is 11.4. The summed E-state index contributed by atoms with van der Waals surface area (Å²) in [6.45, 7) is 0. The zero-order valence-electron chi connectivity index (χ0n) is 10.6. The van der Waals surface area contributed by atoms with Crippen molar-refractivity contribution in [3.05, 3.63) is 72.1 Å². The summed E-state index contributed by atoms with van der Waals surface area (Å²) in [5.74, 6) is 0. The largest absolute Gasteiger partial charge is 0.356 e. The molecule has 0 aliphatic carbocycles. The van der Waals surface area contributed by atoms with Crippen LogP contribution in [0.25, 0.3) is 11.3 Å². The summed E-state index contributed by atoms with van der Waals surface area (Å²) >= 11 is 5.83. The number of hydrogen-bond donors (Lipinski definition) is 1. The molecule has 0 aliphatic rings. The minimum Gasteiger partial charge on any atom is -0.356 e. The quantitative estimate of drug-likeness (QED) is 0.716. The first-order valence-electron chi connectivity index (χ1n) is 6.22. The van der Waals surface area contributed by atoms with Gasteiger partial charge in [-0.2, -0.15) is 0 Å². The molecule has 0 saturated heterocycles. The molecule has 1 aromatic heterocycles. The van der Waals surface area contributed by atoms with Gasteiger partial charge in [0.2, 0.25) is 5.28 Å². The molecule has 0 aliphatic heterocycles. The highest BCUT2D eigenvalue weighted by atomic mass is 35.5. The number of nitrogens with one attached hydrogen (secondary N) is 1. The van der Waals surface area contributed by atoms with Gasteiger partial charge in [-0.1, -0.05) is 30.3 Å². The number of rotatable bonds is 3. The first kappa shape index (κ1) is 12.6. The molecule has 3 nitrogen and oxygen atoms in total. The predicted octanol–water partition coefficient (Wildman–Crippen LogP) is 4.54. The van der Waals surface area contributed by atoms with E-state index in [1.165, 1.54) is 0 Å². The fourth-order valence-electron chi connectivity index (χ4n) is 1.94. The van der Waals surface area contributed by atoms with Crippen LogP contribution in [0.4, 0.5) is 11.4 Å². The van der Waals surface area contributed by atoms with Gasteiger partial charge < -0.3 is 5.32 Å². The van der Waals surface area contributed by atoms with Gasteiger partial charge in [0.25, 0.3) is 0 Å². The number of benzene rings is 2. The molecule has 2 aromatic carbocycles. The maximum atomic E-state index is 5.83. The normalized spacial score (nSPS) is 10.2. The maximum absolute atomic E-state index is 5.83.